The van der Waals surface area contributed by atoms with Crippen molar-refractivity contribution >= 4 is 11.9 Å². The molecule has 0 saturated carbocycles. The quantitative estimate of drug-likeness (QED) is 0.703. The van der Waals surface area contributed by atoms with E-state index in [1.165, 1.54) is 0 Å². The van der Waals surface area contributed by atoms with Gasteiger partial charge in [0.05, 0.1) is 0 Å². The van der Waals surface area contributed by atoms with Crippen LogP contribution in [-0.2, 0) is 4.79 Å². The van der Waals surface area contributed by atoms with Gasteiger partial charge >= 0.3 is 0 Å². The predicted octanol–water partition coefficient (Wildman–Crippen LogP) is 0.886. The number of guanidine groups is 1. The molecule has 2 N–H and O–H groups in total. The summed E-state index contributed by atoms with van der Waals surface area (Å²) >= 11 is 0. The van der Waals surface area contributed by atoms with Crippen LogP contribution in [0.3, 0.4) is 0 Å². The SMILES string of the molecule is CCCC(C)C1NC(=NCC)NC1=O. The summed E-state index contributed by atoms with van der Waals surface area (Å²) in [7, 11) is 0. The lowest BCUT2D eigenvalue weighted by Crippen LogP contribution is -2.35. The molecule has 1 amide bonds. The highest BCUT2D eigenvalue weighted by atomic mass is 16.2. The number of amides is 1. The molecule has 4 nitrogen and oxygen atoms in total. The third-order valence-corrected chi connectivity index (χ3v) is 2.45. The Morgan fingerprint density at radius 3 is 2.79 bits per heavy atom. The molecule has 1 aliphatic heterocycles. The summed E-state index contributed by atoms with van der Waals surface area (Å²) in [6, 6.07) is -0.0970. The lowest BCUT2D eigenvalue weighted by atomic mass is 9.97. The van der Waals surface area contributed by atoms with Crippen molar-refractivity contribution in [2.24, 2.45) is 10.9 Å². The van der Waals surface area contributed by atoms with Gasteiger partial charge in [-0.3, -0.25) is 15.1 Å². The van der Waals surface area contributed by atoms with Crippen LogP contribution in [-0.4, -0.2) is 24.5 Å². The number of hydrogen-bond donors (Lipinski definition) is 2. The lowest BCUT2D eigenvalue weighted by molar-refractivity contribution is -0.121. The first kappa shape index (κ1) is 11.0. The summed E-state index contributed by atoms with van der Waals surface area (Å²) in [5, 5.41) is 5.86. The molecule has 1 saturated heterocycles. The molecule has 0 bridgehead atoms. The minimum atomic E-state index is -0.0970. The Hall–Kier alpha value is -1.06. The number of rotatable bonds is 4. The summed E-state index contributed by atoms with van der Waals surface area (Å²) in [5.74, 6) is 1.05. The molecule has 0 aromatic rings. The molecule has 0 aromatic carbocycles. The molecule has 4 heteroatoms. The maximum atomic E-state index is 11.5. The van der Waals surface area contributed by atoms with Crippen molar-refractivity contribution in [1.82, 2.24) is 10.6 Å². The second-order valence-corrected chi connectivity index (χ2v) is 3.70. The second kappa shape index (κ2) is 4.98. The van der Waals surface area contributed by atoms with E-state index in [0.717, 1.165) is 12.8 Å². The first-order chi connectivity index (χ1) is 6.69. The molecule has 2 unspecified atom stereocenters. The molecular formula is C10H19N3O. The zero-order chi connectivity index (χ0) is 10.6. The van der Waals surface area contributed by atoms with Crippen LogP contribution >= 0.6 is 0 Å². The molecule has 1 rings (SSSR count). The third kappa shape index (κ3) is 2.47. The van der Waals surface area contributed by atoms with Crippen LogP contribution in [0.4, 0.5) is 0 Å². The number of carbonyl (C=O) groups excluding carboxylic acids is 1. The summed E-state index contributed by atoms with van der Waals surface area (Å²) < 4.78 is 0. The smallest absolute Gasteiger partial charge is 0.249 e. The van der Waals surface area contributed by atoms with E-state index < -0.39 is 0 Å². The minimum absolute atomic E-state index is 0.0538. The first-order valence-corrected chi connectivity index (χ1v) is 5.30. The fourth-order valence-corrected chi connectivity index (χ4v) is 1.71. The highest BCUT2D eigenvalue weighted by Gasteiger charge is 2.31. The Bertz CT molecular complexity index is 238. The highest BCUT2D eigenvalue weighted by Crippen LogP contribution is 2.13. The van der Waals surface area contributed by atoms with Gasteiger partial charge in [-0.1, -0.05) is 20.3 Å². The van der Waals surface area contributed by atoms with E-state index in [1.807, 2.05) is 6.92 Å². The number of hydrogen-bond acceptors (Lipinski definition) is 2. The van der Waals surface area contributed by atoms with Gasteiger partial charge < -0.3 is 5.32 Å². The molecule has 0 aliphatic carbocycles. The van der Waals surface area contributed by atoms with E-state index >= 15 is 0 Å². The average Bonchev–Trinajstić information content (AvgIpc) is 2.48. The Morgan fingerprint density at radius 1 is 1.50 bits per heavy atom. The van der Waals surface area contributed by atoms with E-state index in [2.05, 4.69) is 29.5 Å². The summed E-state index contributed by atoms with van der Waals surface area (Å²) in [4.78, 5) is 15.7. The lowest BCUT2D eigenvalue weighted by Gasteiger charge is -2.15. The van der Waals surface area contributed by atoms with Gasteiger partial charge in [0.2, 0.25) is 5.91 Å². The molecule has 0 aromatic heterocycles. The summed E-state index contributed by atoms with van der Waals surface area (Å²) in [6.45, 7) is 6.86. The third-order valence-electron chi connectivity index (χ3n) is 2.45. The second-order valence-electron chi connectivity index (χ2n) is 3.70. The van der Waals surface area contributed by atoms with Crippen molar-refractivity contribution in [3.8, 4) is 0 Å². The number of nitrogens with one attached hydrogen (secondary N) is 2. The Kier molecular flexibility index (Phi) is 3.92. The molecular weight excluding hydrogens is 178 g/mol. The van der Waals surface area contributed by atoms with Gasteiger partial charge in [-0.25, -0.2) is 0 Å². The van der Waals surface area contributed by atoms with Crippen molar-refractivity contribution in [1.29, 1.82) is 0 Å². The Morgan fingerprint density at radius 2 is 2.21 bits per heavy atom. The van der Waals surface area contributed by atoms with E-state index in [4.69, 9.17) is 0 Å². The van der Waals surface area contributed by atoms with E-state index in [-0.39, 0.29) is 11.9 Å². The molecule has 2 atom stereocenters. The molecule has 1 fully saturated rings. The summed E-state index contributed by atoms with van der Waals surface area (Å²) in [6.07, 6.45) is 2.16. The largest absolute Gasteiger partial charge is 0.344 e. The van der Waals surface area contributed by atoms with Gasteiger partial charge in [0.25, 0.3) is 0 Å². The van der Waals surface area contributed by atoms with Crippen LogP contribution in [0, 0.1) is 5.92 Å². The normalized spacial score (nSPS) is 26.1. The number of aliphatic imine (C=N–C) groups is 1. The first-order valence-electron chi connectivity index (χ1n) is 5.30. The van der Waals surface area contributed by atoms with Gasteiger partial charge in [-0.15, -0.1) is 0 Å². The van der Waals surface area contributed by atoms with Gasteiger partial charge in [0.15, 0.2) is 5.96 Å². The maximum Gasteiger partial charge on any atom is 0.249 e. The standard InChI is InChI=1S/C10H19N3O/c1-4-6-7(3)8-9(14)13-10(12-8)11-5-2/h7-8H,4-6H2,1-3H3,(H2,11,12,13,14). The van der Waals surface area contributed by atoms with Crippen LogP contribution in [0.5, 0.6) is 0 Å². The van der Waals surface area contributed by atoms with Crippen molar-refractivity contribution in [2.45, 2.75) is 39.7 Å². The fourth-order valence-electron chi connectivity index (χ4n) is 1.71. The molecule has 1 heterocycles. The van der Waals surface area contributed by atoms with E-state index in [0.29, 0.717) is 18.4 Å². The van der Waals surface area contributed by atoms with E-state index in [1.54, 1.807) is 0 Å². The van der Waals surface area contributed by atoms with Crippen LogP contribution in [0.25, 0.3) is 0 Å². The Balaban J connectivity index is 2.56. The molecule has 14 heavy (non-hydrogen) atoms. The number of nitrogens with zero attached hydrogens (tertiary/aromatic N) is 1. The van der Waals surface area contributed by atoms with Crippen LogP contribution < -0.4 is 10.6 Å². The molecule has 0 spiro atoms. The van der Waals surface area contributed by atoms with Gasteiger partial charge in [0, 0.05) is 6.54 Å². The predicted molar refractivity (Wildman–Crippen MR) is 57.1 cm³/mol. The molecule has 0 radical (unpaired) electrons. The molecule has 80 valence electrons. The van der Waals surface area contributed by atoms with Crippen molar-refractivity contribution in [3.63, 3.8) is 0 Å². The average molecular weight is 197 g/mol. The zero-order valence-electron chi connectivity index (χ0n) is 9.13. The zero-order valence-corrected chi connectivity index (χ0v) is 9.13. The van der Waals surface area contributed by atoms with Crippen molar-refractivity contribution in [2.75, 3.05) is 6.54 Å². The van der Waals surface area contributed by atoms with Crippen molar-refractivity contribution < 1.29 is 4.79 Å². The summed E-state index contributed by atoms with van der Waals surface area (Å²) in [5.41, 5.74) is 0. The van der Waals surface area contributed by atoms with Gasteiger partial charge in [-0.2, -0.15) is 0 Å². The minimum Gasteiger partial charge on any atom is -0.344 e. The topological polar surface area (TPSA) is 53.5 Å². The maximum absolute atomic E-state index is 11.5. The van der Waals surface area contributed by atoms with E-state index in [9.17, 15) is 4.79 Å². The van der Waals surface area contributed by atoms with Gasteiger partial charge in [-0.05, 0) is 19.3 Å². The monoisotopic (exact) mass is 197 g/mol. The number of carbonyl (C=O) groups is 1. The van der Waals surface area contributed by atoms with Gasteiger partial charge in [0.1, 0.15) is 6.04 Å². The van der Waals surface area contributed by atoms with Crippen LogP contribution in [0.15, 0.2) is 4.99 Å². The fraction of sp³-hybridized carbons (Fsp3) is 0.800. The highest BCUT2D eigenvalue weighted by molar-refractivity contribution is 6.06. The van der Waals surface area contributed by atoms with Crippen LogP contribution in [0.1, 0.15) is 33.6 Å². The van der Waals surface area contributed by atoms with Crippen molar-refractivity contribution in [3.05, 3.63) is 0 Å². The molecule has 1 aliphatic rings. The van der Waals surface area contributed by atoms with Crippen LogP contribution in [0.2, 0.25) is 0 Å². The Labute approximate surface area is 85.2 Å².